The summed E-state index contributed by atoms with van der Waals surface area (Å²) in [7, 11) is 0. The molecule has 25 heavy (non-hydrogen) atoms. The predicted molar refractivity (Wildman–Crippen MR) is 95.5 cm³/mol. The summed E-state index contributed by atoms with van der Waals surface area (Å²) in [4.78, 5) is 26.6. The Kier molecular flexibility index (Phi) is 3.88. The van der Waals surface area contributed by atoms with Crippen LogP contribution in [-0.2, 0) is 9.59 Å². The molecule has 0 bridgehead atoms. The Labute approximate surface area is 146 Å². The molecular weight excluding hydrogens is 314 g/mol. The van der Waals surface area contributed by atoms with E-state index in [9.17, 15) is 9.59 Å². The molecule has 1 aliphatic carbocycles. The van der Waals surface area contributed by atoms with Crippen LogP contribution >= 0.6 is 0 Å². The number of carbonyl (C=O) groups is 2. The lowest BCUT2D eigenvalue weighted by molar-refractivity contribution is -0.122. The highest BCUT2D eigenvalue weighted by Crippen LogP contribution is 2.38. The number of ether oxygens (including phenoxy) is 1. The van der Waals surface area contributed by atoms with E-state index in [0.29, 0.717) is 24.3 Å². The molecule has 4 nitrogen and oxygen atoms in total. The number of amides is 2. The summed E-state index contributed by atoms with van der Waals surface area (Å²) in [6.07, 6.45) is 5.30. The van der Waals surface area contributed by atoms with Gasteiger partial charge in [-0.1, -0.05) is 30.4 Å². The molecule has 0 saturated carbocycles. The number of anilines is 1. The number of benzene rings is 2. The number of nitrogens with zero attached hydrogens (tertiary/aromatic N) is 1. The molecule has 1 heterocycles. The van der Waals surface area contributed by atoms with Gasteiger partial charge in [0.1, 0.15) is 11.5 Å². The maximum Gasteiger partial charge on any atom is 0.238 e. The molecule has 1 saturated heterocycles. The van der Waals surface area contributed by atoms with E-state index in [2.05, 4.69) is 0 Å². The van der Waals surface area contributed by atoms with E-state index in [0.717, 1.165) is 11.3 Å². The number of allylic oxidation sites excluding steroid dienone is 2. The van der Waals surface area contributed by atoms with Crippen LogP contribution in [0.1, 0.15) is 18.4 Å². The molecule has 0 aromatic heterocycles. The van der Waals surface area contributed by atoms with E-state index in [1.165, 1.54) is 4.90 Å². The third-order valence-corrected chi connectivity index (χ3v) is 4.92. The fourth-order valence-corrected chi connectivity index (χ4v) is 3.52. The van der Waals surface area contributed by atoms with E-state index in [1.807, 2.05) is 43.3 Å². The van der Waals surface area contributed by atoms with Crippen LogP contribution in [0.25, 0.3) is 0 Å². The smallest absolute Gasteiger partial charge is 0.238 e. The molecule has 1 fully saturated rings. The average Bonchev–Trinajstić information content (AvgIpc) is 2.89. The van der Waals surface area contributed by atoms with Gasteiger partial charge in [0.05, 0.1) is 17.5 Å². The van der Waals surface area contributed by atoms with Gasteiger partial charge in [-0.05, 0) is 55.7 Å². The van der Waals surface area contributed by atoms with Crippen LogP contribution in [-0.4, -0.2) is 11.8 Å². The number of carbonyl (C=O) groups excluding carboxylic acids is 2. The lowest BCUT2D eigenvalue weighted by atomic mass is 9.85. The zero-order valence-corrected chi connectivity index (χ0v) is 14.0. The van der Waals surface area contributed by atoms with E-state index >= 15 is 0 Å². The number of rotatable bonds is 3. The Bertz CT molecular complexity index is 828. The first-order chi connectivity index (χ1) is 12.1. The van der Waals surface area contributed by atoms with Gasteiger partial charge in [-0.15, -0.1) is 0 Å². The Morgan fingerprint density at radius 1 is 0.880 bits per heavy atom. The number of aryl methyl sites for hydroxylation is 1. The molecule has 2 atom stereocenters. The second kappa shape index (κ2) is 6.20. The van der Waals surface area contributed by atoms with Crippen LogP contribution in [0.2, 0.25) is 0 Å². The molecule has 126 valence electrons. The normalized spacial score (nSPS) is 22.2. The van der Waals surface area contributed by atoms with Crippen molar-refractivity contribution in [2.75, 3.05) is 4.90 Å². The number of fused-ring (bicyclic) bond motifs is 1. The zero-order valence-electron chi connectivity index (χ0n) is 14.0. The first kappa shape index (κ1) is 15.6. The maximum atomic E-state index is 12.6. The van der Waals surface area contributed by atoms with Crippen LogP contribution in [0.15, 0.2) is 60.7 Å². The van der Waals surface area contributed by atoms with Gasteiger partial charge in [-0.2, -0.15) is 0 Å². The molecule has 4 rings (SSSR count). The van der Waals surface area contributed by atoms with Crippen molar-refractivity contribution < 1.29 is 14.3 Å². The SMILES string of the molecule is Cc1ccccc1Oc1ccc(N2C(=O)[C@H]3CC=CC[C@@H]3C2=O)cc1. The third-order valence-electron chi connectivity index (χ3n) is 4.92. The van der Waals surface area contributed by atoms with E-state index in [1.54, 1.807) is 24.3 Å². The van der Waals surface area contributed by atoms with Gasteiger partial charge in [-0.3, -0.25) is 14.5 Å². The second-order valence-corrected chi connectivity index (χ2v) is 6.53. The van der Waals surface area contributed by atoms with Gasteiger partial charge in [0.2, 0.25) is 11.8 Å². The summed E-state index contributed by atoms with van der Waals surface area (Å²) in [6, 6.07) is 14.9. The Morgan fingerprint density at radius 3 is 2.08 bits per heavy atom. The molecule has 0 spiro atoms. The van der Waals surface area contributed by atoms with E-state index < -0.39 is 0 Å². The summed E-state index contributed by atoms with van der Waals surface area (Å²) in [5, 5.41) is 0. The van der Waals surface area contributed by atoms with Gasteiger partial charge < -0.3 is 4.74 Å². The summed E-state index contributed by atoms with van der Waals surface area (Å²) >= 11 is 0. The number of hydrogen-bond acceptors (Lipinski definition) is 3. The van der Waals surface area contributed by atoms with Crippen LogP contribution < -0.4 is 9.64 Å². The van der Waals surface area contributed by atoms with Crippen LogP contribution in [0.3, 0.4) is 0 Å². The molecule has 2 amide bonds. The van der Waals surface area contributed by atoms with Crippen molar-refractivity contribution >= 4 is 17.5 Å². The molecule has 0 N–H and O–H groups in total. The molecule has 2 aromatic carbocycles. The average molecular weight is 333 g/mol. The Hall–Kier alpha value is -2.88. The molecule has 0 radical (unpaired) electrons. The Balaban J connectivity index is 1.55. The fourth-order valence-electron chi connectivity index (χ4n) is 3.52. The third kappa shape index (κ3) is 2.74. The van der Waals surface area contributed by atoms with Crippen LogP contribution in [0.4, 0.5) is 5.69 Å². The topological polar surface area (TPSA) is 46.6 Å². The van der Waals surface area contributed by atoms with E-state index in [-0.39, 0.29) is 23.7 Å². The maximum absolute atomic E-state index is 12.6. The van der Waals surface area contributed by atoms with Gasteiger partial charge in [-0.25, -0.2) is 0 Å². The highest BCUT2D eigenvalue weighted by Gasteiger charge is 2.47. The molecule has 0 unspecified atom stereocenters. The Morgan fingerprint density at radius 2 is 1.48 bits per heavy atom. The summed E-state index contributed by atoms with van der Waals surface area (Å²) in [5.74, 6) is 0.872. The van der Waals surface area contributed by atoms with Crippen molar-refractivity contribution in [3.63, 3.8) is 0 Å². The standard InChI is InChI=1S/C21H19NO3/c1-14-6-2-5-9-19(14)25-16-12-10-15(11-13-16)22-20(23)17-7-3-4-8-18(17)21(22)24/h2-6,9-13,17-18H,7-8H2,1H3/t17-,18-/m0/s1. The highest BCUT2D eigenvalue weighted by atomic mass is 16.5. The van der Waals surface area contributed by atoms with Gasteiger partial charge in [0, 0.05) is 0 Å². The van der Waals surface area contributed by atoms with Crippen molar-refractivity contribution in [2.24, 2.45) is 11.8 Å². The number of imide groups is 1. The zero-order chi connectivity index (χ0) is 17.4. The summed E-state index contributed by atoms with van der Waals surface area (Å²) < 4.78 is 5.88. The molecule has 1 aliphatic heterocycles. The van der Waals surface area contributed by atoms with Gasteiger partial charge in [0.25, 0.3) is 0 Å². The molecule has 2 aliphatic rings. The number of hydrogen-bond donors (Lipinski definition) is 0. The number of para-hydroxylation sites is 1. The van der Waals surface area contributed by atoms with Crippen LogP contribution in [0.5, 0.6) is 11.5 Å². The van der Waals surface area contributed by atoms with Crippen molar-refractivity contribution in [1.29, 1.82) is 0 Å². The lowest BCUT2D eigenvalue weighted by Crippen LogP contribution is -2.30. The molecular formula is C21H19NO3. The molecule has 2 aromatic rings. The minimum Gasteiger partial charge on any atom is -0.457 e. The van der Waals surface area contributed by atoms with Crippen LogP contribution in [0, 0.1) is 18.8 Å². The minimum atomic E-state index is -0.208. The lowest BCUT2D eigenvalue weighted by Gasteiger charge is -2.15. The second-order valence-electron chi connectivity index (χ2n) is 6.53. The largest absolute Gasteiger partial charge is 0.457 e. The molecule has 4 heteroatoms. The van der Waals surface area contributed by atoms with Crippen molar-refractivity contribution in [1.82, 2.24) is 0 Å². The van der Waals surface area contributed by atoms with Crippen molar-refractivity contribution in [3.8, 4) is 11.5 Å². The summed E-state index contributed by atoms with van der Waals surface area (Å²) in [5.41, 5.74) is 1.66. The first-order valence-corrected chi connectivity index (χ1v) is 8.51. The first-order valence-electron chi connectivity index (χ1n) is 8.51. The van der Waals surface area contributed by atoms with Gasteiger partial charge in [0.15, 0.2) is 0 Å². The van der Waals surface area contributed by atoms with Crippen molar-refractivity contribution in [2.45, 2.75) is 19.8 Å². The monoisotopic (exact) mass is 333 g/mol. The van der Waals surface area contributed by atoms with Crippen molar-refractivity contribution in [3.05, 3.63) is 66.2 Å². The highest BCUT2D eigenvalue weighted by molar-refractivity contribution is 6.22. The minimum absolute atomic E-state index is 0.0908. The van der Waals surface area contributed by atoms with E-state index in [4.69, 9.17) is 4.74 Å². The summed E-state index contributed by atoms with van der Waals surface area (Å²) in [6.45, 7) is 1.99. The quantitative estimate of drug-likeness (QED) is 0.623. The van der Waals surface area contributed by atoms with Gasteiger partial charge >= 0.3 is 0 Å². The predicted octanol–water partition coefficient (Wildman–Crippen LogP) is 4.24. The fraction of sp³-hybridized carbons (Fsp3) is 0.238.